The third kappa shape index (κ3) is 3.02. The SMILES string of the molecule is [B+2]c1cccc(-c2ccc3ccccc3c2)c1.[OH-].[OH-]. The largest absolute Gasteiger partial charge is 0.870 e. The van der Waals surface area contributed by atoms with Crippen LogP contribution in [-0.2, 0) is 0 Å². The monoisotopic (exact) mass is 248 g/mol. The predicted molar refractivity (Wildman–Crippen MR) is 78.6 cm³/mol. The average molecular weight is 248 g/mol. The molecule has 0 aliphatic heterocycles. The summed E-state index contributed by atoms with van der Waals surface area (Å²) in [6.07, 6.45) is 0. The molecule has 0 radical (unpaired) electrons. The predicted octanol–water partition coefficient (Wildman–Crippen LogP) is 2.95. The third-order valence-corrected chi connectivity index (χ3v) is 2.97. The second-order valence-corrected chi connectivity index (χ2v) is 4.19. The van der Waals surface area contributed by atoms with Gasteiger partial charge in [-0.25, -0.2) is 0 Å². The Labute approximate surface area is 113 Å². The maximum absolute atomic E-state index is 5.81. The van der Waals surface area contributed by atoms with Crippen LogP contribution in [0.1, 0.15) is 0 Å². The molecule has 0 unspecified atom stereocenters. The molecule has 0 aromatic heterocycles. The maximum atomic E-state index is 5.81. The molecule has 0 spiro atoms. The zero-order chi connectivity index (χ0) is 11.7. The van der Waals surface area contributed by atoms with Gasteiger partial charge in [-0.2, -0.15) is 0 Å². The molecule has 3 aromatic carbocycles. The van der Waals surface area contributed by atoms with Crippen LogP contribution in [0.5, 0.6) is 0 Å². The zero-order valence-electron chi connectivity index (χ0n) is 10.3. The van der Waals surface area contributed by atoms with Crippen molar-refractivity contribution in [2.75, 3.05) is 0 Å². The summed E-state index contributed by atoms with van der Waals surface area (Å²) in [4.78, 5) is 0. The quantitative estimate of drug-likeness (QED) is 0.621. The molecule has 3 rings (SSSR count). The molecule has 2 N–H and O–H groups in total. The van der Waals surface area contributed by atoms with Crippen LogP contribution < -0.4 is 5.46 Å². The fourth-order valence-corrected chi connectivity index (χ4v) is 2.09. The van der Waals surface area contributed by atoms with Gasteiger partial charge in [0.2, 0.25) is 0 Å². The Morgan fingerprint density at radius 2 is 1.26 bits per heavy atom. The van der Waals surface area contributed by atoms with E-state index in [1.165, 1.54) is 16.3 Å². The second kappa shape index (κ2) is 6.18. The van der Waals surface area contributed by atoms with Crippen LogP contribution in [0, 0.1) is 0 Å². The summed E-state index contributed by atoms with van der Waals surface area (Å²) >= 11 is 0. The van der Waals surface area contributed by atoms with Gasteiger partial charge >= 0.3 is 102 Å². The summed E-state index contributed by atoms with van der Waals surface area (Å²) in [7, 11) is 5.81. The van der Waals surface area contributed by atoms with Crippen LogP contribution in [0.3, 0.4) is 0 Å². The summed E-state index contributed by atoms with van der Waals surface area (Å²) in [5, 5.41) is 2.52. The summed E-state index contributed by atoms with van der Waals surface area (Å²) in [6.45, 7) is 0. The number of hydrogen-bond donors (Lipinski definition) is 0. The van der Waals surface area contributed by atoms with Gasteiger partial charge in [-0.3, -0.25) is 0 Å². The van der Waals surface area contributed by atoms with Crippen LogP contribution in [0.2, 0.25) is 0 Å². The van der Waals surface area contributed by atoms with Crippen LogP contribution in [-0.4, -0.2) is 18.8 Å². The molecule has 92 valence electrons. The molecule has 3 heteroatoms. The van der Waals surface area contributed by atoms with Crippen molar-refractivity contribution in [3.05, 3.63) is 66.7 Å². The Hall–Kier alpha value is -2.10. The van der Waals surface area contributed by atoms with Gasteiger partial charge in [0.15, 0.2) is 0 Å². The van der Waals surface area contributed by atoms with Crippen molar-refractivity contribution in [1.82, 2.24) is 0 Å². The molecule has 0 bridgehead atoms. The van der Waals surface area contributed by atoms with Crippen molar-refractivity contribution in [2.24, 2.45) is 0 Å². The van der Waals surface area contributed by atoms with Gasteiger partial charge in [-0.1, -0.05) is 0 Å². The van der Waals surface area contributed by atoms with E-state index in [-0.39, 0.29) is 11.0 Å². The number of rotatable bonds is 1. The van der Waals surface area contributed by atoms with E-state index in [9.17, 15) is 0 Å². The van der Waals surface area contributed by atoms with E-state index in [1.807, 2.05) is 18.2 Å². The van der Waals surface area contributed by atoms with Gasteiger partial charge in [0.05, 0.1) is 0 Å². The van der Waals surface area contributed by atoms with Crippen molar-refractivity contribution in [3.63, 3.8) is 0 Å². The third-order valence-electron chi connectivity index (χ3n) is 2.97. The topological polar surface area (TPSA) is 60.0 Å². The second-order valence-electron chi connectivity index (χ2n) is 4.19. The minimum atomic E-state index is 0. The molecule has 0 aliphatic rings. The van der Waals surface area contributed by atoms with Gasteiger partial charge in [-0.15, -0.1) is 0 Å². The van der Waals surface area contributed by atoms with Gasteiger partial charge in [0, 0.05) is 0 Å². The molecular formula is C16H13BO2. The molecule has 19 heavy (non-hydrogen) atoms. The first kappa shape index (κ1) is 15.0. The van der Waals surface area contributed by atoms with Crippen molar-refractivity contribution in [3.8, 4) is 11.1 Å². The van der Waals surface area contributed by atoms with Crippen LogP contribution in [0.25, 0.3) is 21.9 Å². The van der Waals surface area contributed by atoms with Gasteiger partial charge < -0.3 is 11.0 Å². The van der Waals surface area contributed by atoms with E-state index in [2.05, 4.69) is 48.5 Å². The van der Waals surface area contributed by atoms with Crippen LogP contribution in [0.4, 0.5) is 0 Å². The van der Waals surface area contributed by atoms with Crippen molar-refractivity contribution < 1.29 is 11.0 Å². The first-order chi connectivity index (χ1) is 8.33. The first-order valence-corrected chi connectivity index (χ1v) is 5.68. The number of fused-ring (bicyclic) bond motifs is 1. The van der Waals surface area contributed by atoms with E-state index in [0.717, 1.165) is 11.0 Å². The summed E-state index contributed by atoms with van der Waals surface area (Å²) < 4.78 is 0. The summed E-state index contributed by atoms with van der Waals surface area (Å²) in [5.74, 6) is 0. The Morgan fingerprint density at radius 1 is 0.579 bits per heavy atom. The fourth-order valence-electron chi connectivity index (χ4n) is 2.09. The minimum absolute atomic E-state index is 0. The smallest absolute Gasteiger partial charge is 0.870 e. The van der Waals surface area contributed by atoms with Crippen LogP contribution >= 0.6 is 0 Å². The Kier molecular flexibility index (Phi) is 4.87. The van der Waals surface area contributed by atoms with E-state index >= 15 is 0 Å². The Morgan fingerprint density at radius 3 is 2.00 bits per heavy atom. The zero-order valence-corrected chi connectivity index (χ0v) is 10.3. The number of hydrogen-bond acceptors (Lipinski definition) is 2. The van der Waals surface area contributed by atoms with Gasteiger partial charge in [0.25, 0.3) is 0 Å². The van der Waals surface area contributed by atoms with Crippen molar-refractivity contribution in [1.29, 1.82) is 0 Å². The Balaban J connectivity index is 0.000000902. The molecule has 3 aromatic rings. The summed E-state index contributed by atoms with van der Waals surface area (Å²) in [5.41, 5.74) is 3.17. The standard InChI is InChI=1S/C16H11B.2H2O/c17-16-7-3-6-14(11-16)15-9-8-12-4-1-2-5-13(12)10-15;;/h1-11H;2*1H2/q+2;;/p-2. The maximum Gasteiger partial charge on any atom is -0.870 e. The molecule has 0 amide bonds. The molecule has 2 nitrogen and oxygen atoms in total. The Bertz CT molecular complexity index is 680. The molecule has 0 fully saturated rings. The number of benzene rings is 3. The van der Waals surface area contributed by atoms with Gasteiger partial charge in [0.1, 0.15) is 0 Å². The van der Waals surface area contributed by atoms with Crippen molar-refractivity contribution in [2.45, 2.75) is 0 Å². The summed E-state index contributed by atoms with van der Waals surface area (Å²) in [6, 6.07) is 22.8. The van der Waals surface area contributed by atoms with E-state index in [1.54, 1.807) is 0 Å². The molecule has 0 atom stereocenters. The fraction of sp³-hybridized carbons (Fsp3) is 0. The normalized spacial score (nSPS) is 9.58. The molecular weight excluding hydrogens is 235 g/mol. The molecule has 0 saturated carbocycles. The molecule has 0 heterocycles. The van der Waals surface area contributed by atoms with Crippen LogP contribution in [0.15, 0.2) is 66.7 Å². The van der Waals surface area contributed by atoms with Crippen molar-refractivity contribution >= 4 is 24.1 Å². The van der Waals surface area contributed by atoms with E-state index in [0.29, 0.717) is 0 Å². The van der Waals surface area contributed by atoms with E-state index < -0.39 is 0 Å². The average Bonchev–Trinajstić information content (AvgIpc) is 2.38. The minimum Gasteiger partial charge on any atom is -0.870 e. The van der Waals surface area contributed by atoms with E-state index in [4.69, 9.17) is 7.85 Å². The molecule has 0 aliphatic carbocycles. The first-order valence-electron chi connectivity index (χ1n) is 5.68. The van der Waals surface area contributed by atoms with Gasteiger partial charge in [-0.05, 0) is 0 Å². The molecule has 0 saturated heterocycles.